The molecular weight excluding hydrogens is 450 g/mol. The zero-order valence-corrected chi connectivity index (χ0v) is 19.5. The first-order valence-electron chi connectivity index (χ1n) is 9.98. The number of aromatic nitrogens is 3. The minimum atomic E-state index is -0.372. The van der Waals surface area contributed by atoms with Crippen molar-refractivity contribution in [2.45, 2.75) is 31.6 Å². The van der Waals surface area contributed by atoms with Crippen molar-refractivity contribution in [1.82, 2.24) is 20.1 Å². The topological polar surface area (TPSA) is 98.1 Å². The zero-order chi connectivity index (χ0) is 23.1. The van der Waals surface area contributed by atoms with Crippen LogP contribution in [0.4, 0.5) is 5.69 Å². The average molecular weight is 474 g/mol. The van der Waals surface area contributed by atoms with E-state index in [4.69, 9.17) is 16.3 Å². The van der Waals surface area contributed by atoms with Crippen molar-refractivity contribution in [2.24, 2.45) is 0 Å². The molecule has 1 heterocycles. The summed E-state index contributed by atoms with van der Waals surface area (Å²) < 4.78 is 7.00. The van der Waals surface area contributed by atoms with E-state index in [0.29, 0.717) is 39.5 Å². The summed E-state index contributed by atoms with van der Waals surface area (Å²) in [7, 11) is 1.57. The summed E-state index contributed by atoms with van der Waals surface area (Å²) in [5.41, 5.74) is 1.08. The first kappa shape index (κ1) is 23.6. The van der Waals surface area contributed by atoms with Gasteiger partial charge in [0.1, 0.15) is 5.75 Å². The number of thioether (sulfide) groups is 1. The fraction of sp³-hybridized carbons (Fsp3) is 0.273. The average Bonchev–Trinajstić information content (AvgIpc) is 3.22. The third kappa shape index (κ3) is 5.80. The summed E-state index contributed by atoms with van der Waals surface area (Å²) in [6.45, 7) is 4.40. The van der Waals surface area contributed by atoms with Gasteiger partial charge >= 0.3 is 0 Å². The van der Waals surface area contributed by atoms with E-state index in [1.54, 1.807) is 55.6 Å². The van der Waals surface area contributed by atoms with Crippen LogP contribution in [0.15, 0.2) is 53.7 Å². The summed E-state index contributed by atoms with van der Waals surface area (Å²) in [4.78, 5) is 24.9. The second-order valence-corrected chi connectivity index (χ2v) is 8.18. The number of hydrogen-bond donors (Lipinski definition) is 2. The highest BCUT2D eigenvalue weighted by Crippen LogP contribution is 2.23. The lowest BCUT2D eigenvalue weighted by atomic mass is 10.2. The van der Waals surface area contributed by atoms with Crippen LogP contribution in [-0.2, 0) is 11.3 Å². The zero-order valence-electron chi connectivity index (χ0n) is 18.0. The van der Waals surface area contributed by atoms with Crippen LogP contribution in [0.5, 0.6) is 5.75 Å². The van der Waals surface area contributed by atoms with E-state index < -0.39 is 0 Å². The Labute approximate surface area is 195 Å². The monoisotopic (exact) mass is 473 g/mol. The Morgan fingerprint density at radius 3 is 2.53 bits per heavy atom. The second-order valence-electron chi connectivity index (χ2n) is 6.83. The van der Waals surface area contributed by atoms with E-state index in [1.165, 1.54) is 11.8 Å². The highest BCUT2D eigenvalue weighted by atomic mass is 35.5. The van der Waals surface area contributed by atoms with E-state index in [9.17, 15) is 9.59 Å². The van der Waals surface area contributed by atoms with Gasteiger partial charge in [0.2, 0.25) is 5.91 Å². The molecule has 3 aromatic rings. The molecule has 0 aliphatic rings. The molecule has 2 N–H and O–H groups in total. The van der Waals surface area contributed by atoms with Gasteiger partial charge in [0.05, 0.1) is 29.6 Å². The summed E-state index contributed by atoms with van der Waals surface area (Å²) in [5, 5.41) is 15.2. The summed E-state index contributed by atoms with van der Waals surface area (Å²) in [6.07, 6.45) is 0. The molecule has 168 valence electrons. The van der Waals surface area contributed by atoms with Gasteiger partial charge in [0.25, 0.3) is 5.91 Å². The number of benzene rings is 2. The van der Waals surface area contributed by atoms with Gasteiger partial charge in [0.15, 0.2) is 11.0 Å². The molecular formula is C22H24ClN5O3S. The van der Waals surface area contributed by atoms with Crippen molar-refractivity contribution in [1.29, 1.82) is 0 Å². The lowest BCUT2D eigenvalue weighted by Crippen LogP contribution is -2.28. The van der Waals surface area contributed by atoms with Crippen molar-refractivity contribution in [3.05, 3.63) is 64.9 Å². The maximum atomic E-state index is 12.6. The maximum absolute atomic E-state index is 12.6. The summed E-state index contributed by atoms with van der Waals surface area (Å²) in [6, 6.07) is 13.5. The lowest BCUT2D eigenvalue weighted by Gasteiger charge is -2.15. The Kier molecular flexibility index (Phi) is 8.13. The van der Waals surface area contributed by atoms with Crippen molar-refractivity contribution in [3.8, 4) is 5.75 Å². The number of methoxy groups -OCH3 is 1. The van der Waals surface area contributed by atoms with Crippen LogP contribution >= 0.6 is 23.4 Å². The van der Waals surface area contributed by atoms with Crippen LogP contribution in [0.1, 0.15) is 36.1 Å². The van der Waals surface area contributed by atoms with Gasteiger partial charge < -0.3 is 19.9 Å². The number of hydrogen-bond acceptors (Lipinski definition) is 6. The number of anilines is 1. The number of nitrogens with one attached hydrogen (secondary N) is 2. The molecule has 1 atom stereocenters. The number of nitrogens with zero attached hydrogens (tertiary/aromatic N) is 3. The Bertz CT molecular complexity index is 1090. The Hall–Kier alpha value is -3.04. The molecule has 0 spiro atoms. The van der Waals surface area contributed by atoms with Crippen LogP contribution in [0.2, 0.25) is 5.02 Å². The van der Waals surface area contributed by atoms with E-state index in [-0.39, 0.29) is 23.6 Å². The van der Waals surface area contributed by atoms with Crippen molar-refractivity contribution < 1.29 is 14.3 Å². The van der Waals surface area contributed by atoms with Crippen LogP contribution < -0.4 is 15.4 Å². The van der Waals surface area contributed by atoms with E-state index in [2.05, 4.69) is 20.8 Å². The molecule has 0 fully saturated rings. The van der Waals surface area contributed by atoms with Crippen LogP contribution in [-0.4, -0.2) is 39.4 Å². The molecule has 0 bridgehead atoms. The van der Waals surface area contributed by atoms with E-state index in [1.807, 2.05) is 18.4 Å². The predicted octanol–water partition coefficient (Wildman–Crippen LogP) is 4.18. The van der Waals surface area contributed by atoms with Crippen molar-refractivity contribution in [2.75, 3.05) is 18.2 Å². The number of carbonyl (C=O) groups excluding carboxylic acids is 2. The highest BCUT2D eigenvalue weighted by molar-refractivity contribution is 7.99. The first-order valence-corrected chi connectivity index (χ1v) is 11.3. The van der Waals surface area contributed by atoms with Gasteiger partial charge in [-0.3, -0.25) is 9.59 Å². The number of carbonyl (C=O) groups is 2. The van der Waals surface area contributed by atoms with Crippen LogP contribution in [0.25, 0.3) is 0 Å². The molecule has 0 radical (unpaired) electrons. The van der Waals surface area contributed by atoms with E-state index in [0.717, 1.165) is 0 Å². The van der Waals surface area contributed by atoms with Gasteiger partial charge in [-0.05, 0) is 50.2 Å². The maximum Gasteiger partial charge on any atom is 0.251 e. The number of halogens is 1. The minimum Gasteiger partial charge on any atom is -0.497 e. The molecule has 2 aromatic carbocycles. The smallest absolute Gasteiger partial charge is 0.251 e. The summed E-state index contributed by atoms with van der Waals surface area (Å²) >= 11 is 7.35. The summed E-state index contributed by atoms with van der Waals surface area (Å²) in [5.74, 6) is 1.02. The Morgan fingerprint density at radius 1 is 1.16 bits per heavy atom. The van der Waals surface area contributed by atoms with Crippen molar-refractivity contribution >= 4 is 40.9 Å². The highest BCUT2D eigenvalue weighted by Gasteiger charge is 2.20. The largest absolute Gasteiger partial charge is 0.497 e. The molecule has 0 unspecified atom stereocenters. The third-order valence-corrected chi connectivity index (χ3v) is 5.93. The fourth-order valence-electron chi connectivity index (χ4n) is 2.99. The van der Waals surface area contributed by atoms with Crippen molar-refractivity contribution in [3.63, 3.8) is 0 Å². The Morgan fingerprint density at radius 2 is 1.88 bits per heavy atom. The van der Waals surface area contributed by atoms with Gasteiger partial charge in [-0.1, -0.05) is 35.5 Å². The molecule has 10 heteroatoms. The standard InChI is InChI=1S/C22H24ClN5O3S/c1-4-28-20(14(2)24-21(30)15-9-11-16(31-3)12-10-15)26-27-22(28)32-13-19(29)25-18-8-6-5-7-17(18)23/h5-12,14H,4,13H2,1-3H3,(H,24,30)(H,25,29)/t14-/m0/s1. The molecule has 32 heavy (non-hydrogen) atoms. The molecule has 0 saturated heterocycles. The quantitative estimate of drug-likeness (QED) is 0.452. The minimum absolute atomic E-state index is 0.149. The molecule has 1 aromatic heterocycles. The van der Waals surface area contributed by atoms with Gasteiger partial charge in [-0.2, -0.15) is 0 Å². The second kappa shape index (κ2) is 11.0. The molecule has 8 nitrogen and oxygen atoms in total. The molecule has 0 aliphatic carbocycles. The number of rotatable bonds is 9. The SMILES string of the molecule is CCn1c(SCC(=O)Nc2ccccc2Cl)nnc1[C@H](C)NC(=O)c1ccc(OC)cc1. The van der Waals surface area contributed by atoms with E-state index >= 15 is 0 Å². The molecule has 0 aliphatic heterocycles. The Balaban J connectivity index is 1.62. The molecule has 0 saturated carbocycles. The normalized spacial score (nSPS) is 11.6. The number of amides is 2. The number of ether oxygens (including phenoxy) is 1. The number of para-hydroxylation sites is 1. The lowest BCUT2D eigenvalue weighted by molar-refractivity contribution is -0.113. The first-order chi connectivity index (χ1) is 15.4. The van der Waals surface area contributed by atoms with Crippen LogP contribution in [0.3, 0.4) is 0 Å². The molecule has 3 rings (SSSR count). The predicted molar refractivity (Wildman–Crippen MR) is 125 cm³/mol. The van der Waals surface area contributed by atoms with Gasteiger partial charge in [0, 0.05) is 12.1 Å². The van der Waals surface area contributed by atoms with Crippen LogP contribution in [0, 0.1) is 0 Å². The third-order valence-electron chi connectivity index (χ3n) is 4.63. The van der Waals surface area contributed by atoms with Gasteiger partial charge in [-0.15, -0.1) is 10.2 Å². The van der Waals surface area contributed by atoms with Gasteiger partial charge in [-0.25, -0.2) is 0 Å². The fourth-order valence-corrected chi connectivity index (χ4v) is 3.98. The molecule has 2 amide bonds.